The van der Waals surface area contributed by atoms with Gasteiger partial charge in [0.25, 0.3) is 0 Å². The summed E-state index contributed by atoms with van der Waals surface area (Å²) in [5.41, 5.74) is -0.550. The van der Waals surface area contributed by atoms with Gasteiger partial charge in [0.15, 0.2) is 6.29 Å². The van der Waals surface area contributed by atoms with Crippen LogP contribution in [0.25, 0.3) is 0 Å². The second-order valence-corrected chi connectivity index (χ2v) is 4.69. The zero-order valence-electron chi connectivity index (χ0n) is 9.36. The predicted molar refractivity (Wildman–Crippen MR) is 59.1 cm³/mol. The molecule has 15 heavy (non-hydrogen) atoms. The first-order chi connectivity index (χ1) is 6.76. The van der Waals surface area contributed by atoms with Crippen LogP contribution in [0, 0.1) is 0 Å². The lowest BCUT2D eigenvalue weighted by Crippen LogP contribution is -2.29. The average molecular weight is 235 g/mol. The molecule has 1 atom stereocenters. The maximum Gasteiger partial charge on any atom is 0.418 e. The van der Waals surface area contributed by atoms with Crippen LogP contribution in [0.15, 0.2) is 11.5 Å². The van der Waals surface area contributed by atoms with Gasteiger partial charge < -0.3 is 14.6 Å². The zero-order chi connectivity index (χ0) is 12.1. The van der Waals surface area contributed by atoms with Gasteiger partial charge in [-0.1, -0.05) is 6.58 Å². The van der Waals surface area contributed by atoms with Crippen molar-refractivity contribution in [3.8, 4) is 0 Å². The van der Waals surface area contributed by atoms with Crippen molar-refractivity contribution in [1.29, 1.82) is 0 Å². The first-order valence-electron chi connectivity index (χ1n) is 4.31. The summed E-state index contributed by atoms with van der Waals surface area (Å²) in [5, 5.41) is 9.14. The van der Waals surface area contributed by atoms with Crippen LogP contribution in [0.2, 0.25) is 0 Å². The van der Waals surface area contributed by atoms with Gasteiger partial charge >= 0.3 is 6.09 Å². The van der Waals surface area contributed by atoms with Gasteiger partial charge in [0.1, 0.15) is 5.60 Å². The van der Waals surface area contributed by atoms with Crippen molar-refractivity contribution >= 4 is 18.0 Å². The highest BCUT2D eigenvalue weighted by Gasteiger charge is 2.17. The summed E-state index contributed by atoms with van der Waals surface area (Å²) in [6.45, 7) is 8.79. The number of nitrogens with one attached hydrogen (secondary N) is 1. The summed E-state index contributed by atoms with van der Waals surface area (Å²) < 4.78 is 11.9. The molecule has 0 aromatic rings. The van der Waals surface area contributed by atoms with E-state index in [0.29, 0.717) is 0 Å². The number of hydrogen-bond donors (Lipinski definition) is 2. The van der Waals surface area contributed by atoms with Crippen LogP contribution in [0.5, 0.6) is 0 Å². The van der Waals surface area contributed by atoms with Gasteiger partial charge in [-0.15, -0.1) is 0 Å². The highest BCUT2D eigenvalue weighted by atomic mass is 32.2. The molecular formula is C9H17NO4S. The molecule has 0 fully saturated rings. The van der Waals surface area contributed by atoms with Crippen molar-refractivity contribution < 1.29 is 19.4 Å². The van der Waals surface area contributed by atoms with Crippen LogP contribution in [0.4, 0.5) is 4.79 Å². The Morgan fingerprint density at radius 3 is 2.47 bits per heavy atom. The van der Waals surface area contributed by atoms with Crippen molar-refractivity contribution in [3.05, 3.63) is 11.5 Å². The minimum absolute atomic E-state index is 0.281. The van der Waals surface area contributed by atoms with Crippen LogP contribution < -0.4 is 4.72 Å². The summed E-state index contributed by atoms with van der Waals surface area (Å²) in [6, 6.07) is 0. The minimum Gasteiger partial charge on any atom is -0.443 e. The Labute approximate surface area is 94.0 Å². The molecule has 0 radical (unpaired) electrons. The fourth-order valence-corrected chi connectivity index (χ4v) is 1.04. The van der Waals surface area contributed by atoms with Crippen LogP contribution in [0.1, 0.15) is 20.8 Å². The Kier molecular flexibility index (Phi) is 5.71. The van der Waals surface area contributed by atoms with E-state index in [9.17, 15) is 4.79 Å². The highest BCUT2D eigenvalue weighted by molar-refractivity contribution is 8.01. The quantitative estimate of drug-likeness (QED) is 0.572. The molecule has 6 heteroatoms. The fraction of sp³-hybridized carbons (Fsp3) is 0.667. The monoisotopic (exact) mass is 235 g/mol. The summed E-state index contributed by atoms with van der Waals surface area (Å²) in [4.78, 5) is 11.4. The molecule has 88 valence electrons. The van der Waals surface area contributed by atoms with E-state index in [1.807, 2.05) is 0 Å². The molecule has 0 bridgehead atoms. The molecule has 0 aliphatic heterocycles. The molecule has 0 saturated heterocycles. The summed E-state index contributed by atoms with van der Waals surface area (Å²) in [6.07, 6.45) is -1.69. The van der Waals surface area contributed by atoms with Gasteiger partial charge in [0, 0.05) is 7.11 Å². The molecule has 0 heterocycles. The van der Waals surface area contributed by atoms with Crippen molar-refractivity contribution in [2.75, 3.05) is 7.11 Å². The van der Waals surface area contributed by atoms with Crippen molar-refractivity contribution in [3.63, 3.8) is 0 Å². The Hall–Kier alpha value is -0.720. The van der Waals surface area contributed by atoms with Crippen molar-refractivity contribution in [1.82, 2.24) is 4.72 Å². The number of carbonyl (C=O) groups excluding carboxylic acids is 1. The van der Waals surface area contributed by atoms with E-state index < -0.39 is 18.0 Å². The molecular weight excluding hydrogens is 218 g/mol. The molecule has 0 aromatic heterocycles. The first-order valence-corrected chi connectivity index (χ1v) is 5.13. The van der Waals surface area contributed by atoms with E-state index in [-0.39, 0.29) is 4.91 Å². The number of methoxy groups -OCH3 is 1. The van der Waals surface area contributed by atoms with E-state index in [1.54, 1.807) is 20.8 Å². The van der Waals surface area contributed by atoms with Crippen molar-refractivity contribution in [2.24, 2.45) is 0 Å². The zero-order valence-corrected chi connectivity index (χ0v) is 10.2. The molecule has 5 nitrogen and oxygen atoms in total. The van der Waals surface area contributed by atoms with Crippen LogP contribution >= 0.6 is 11.9 Å². The number of rotatable bonds is 4. The third-order valence-electron chi connectivity index (χ3n) is 1.16. The lowest BCUT2D eigenvalue weighted by Gasteiger charge is -2.19. The maximum atomic E-state index is 11.2. The third kappa shape index (κ3) is 7.24. The Bertz CT molecular complexity index is 237. The highest BCUT2D eigenvalue weighted by Crippen LogP contribution is 2.15. The summed E-state index contributed by atoms with van der Waals surface area (Å²) in [5.74, 6) is 0. The smallest absolute Gasteiger partial charge is 0.418 e. The number of carbonyl (C=O) groups is 1. The molecule has 0 spiro atoms. The summed E-state index contributed by atoms with van der Waals surface area (Å²) >= 11 is 0.864. The van der Waals surface area contributed by atoms with Gasteiger partial charge in [0.2, 0.25) is 0 Å². The second-order valence-electron chi connectivity index (χ2n) is 3.76. The molecule has 0 aromatic carbocycles. The van der Waals surface area contributed by atoms with Gasteiger partial charge in [-0.05, 0) is 32.7 Å². The topological polar surface area (TPSA) is 67.8 Å². The Morgan fingerprint density at radius 1 is 1.53 bits per heavy atom. The molecule has 0 rings (SSSR count). The van der Waals surface area contributed by atoms with Crippen LogP contribution in [-0.2, 0) is 9.47 Å². The van der Waals surface area contributed by atoms with Gasteiger partial charge in [-0.25, -0.2) is 4.79 Å². The van der Waals surface area contributed by atoms with E-state index in [1.165, 1.54) is 7.11 Å². The fourth-order valence-electron chi connectivity index (χ4n) is 0.588. The number of aliphatic hydroxyl groups excluding tert-OH is 1. The maximum absolute atomic E-state index is 11.2. The number of aliphatic hydroxyl groups is 1. The summed E-state index contributed by atoms with van der Waals surface area (Å²) in [7, 11) is 1.34. The largest absolute Gasteiger partial charge is 0.443 e. The van der Waals surface area contributed by atoms with E-state index in [4.69, 9.17) is 9.84 Å². The van der Waals surface area contributed by atoms with E-state index >= 15 is 0 Å². The molecule has 0 saturated carbocycles. The number of ether oxygens (including phenoxy) is 2. The Morgan fingerprint density at radius 2 is 2.07 bits per heavy atom. The van der Waals surface area contributed by atoms with Gasteiger partial charge in [-0.3, -0.25) is 4.72 Å². The number of hydrogen-bond acceptors (Lipinski definition) is 5. The third-order valence-corrected chi connectivity index (χ3v) is 1.90. The van der Waals surface area contributed by atoms with Gasteiger partial charge in [-0.2, -0.15) is 0 Å². The standard InChI is InChI=1S/C9H17NO4S/c1-6(7(11)13-5)15-10-8(12)14-9(2,3)4/h7,11H,1H2,2-5H3,(H,10,12). The second kappa shape index (κ2) is 5.99. The van der Waals surface area contributed by atoms with E-state index in [0.717, 1.165) is 11.9 Å². The molecule has 1 amide bonds. The SMILES string of the molecule is C=C(SNC(=O)OC(C)(C)C)C(O)OC. The van der Waals surface area contributed by atoms with Crippen LogP contribution in [-0.4, -0.2) is 30.2 Å². The van der Waals surface area contributed by atoms with E-state index in [2.05, 4.69) is 16.0 Å². The normalized spacial score (nSPS) is 13.1. The lowest BCUT2D eigenvalue weighted by molar-refractivity contribution is -0.0382. The molecule has 0 aliphatic rings. The number of amides is 1. The molecule has 1 unspecified atom stereocenters. The van der Waals surface area contributed by atoms with Gasteiger partial charge in [0.05, 0.1) is 4.91 Å². The predicted octanol–water partition coefficient (Wildman–Crippen LogP) is 1.64. The molecule has 2 N–H and O–H groups in total. The van der Waals surface area contributed by atoms with Crippen molar-refractivity contribution in [2.45, 2.75) is 32.7 Å². The Balaban J connectivity index is 3.87. The lowest BCUT2D eigenvalue weighted by atomic mass is 10.2. The van der Waals surface area contributed by atoms with Crippen LogP contribution in [0.3, 0.4) is 0 Å². The molecule has 0 aliphatic carbocycles. The minimum atomic E-state index is -1.11. The average Bonchev–Trinajstić information content (AvgIpc) is 2.10. The first kappa shape index (κ1) is 14.3.